The van der Waals surface area contributed by atoms with E-state index in [-0.39, 0.29) is 12.4 Å². The summed E-state index contributed by atoms with van der Waals surface area (Å²) >= 11 is 0. The van der Waals surface area contributed by atoms with E-state index in [9.17, 15) is 0 Å². The van der Waals surface area contributed by atoms with Crippen LogP contribution >= 0.6 is 12.4 Å². The molecule has 1 aromatic heterocycles. The van der Waals surface area contributed by atoms with Crippen LogP contribution in [0.15, 0.2) is 77.2 Å². The zero-order chi connectivity index (χ0) is 18.3. The molecule has 1 N–H and O–H groups in total. The van der Waals surface area contributed by atoms with Gasteiger partial charge in [-0.1, -0.05) is 36.4 Å². The molecule has 0 fully saturated rings. The van der Waals surface area contributed by atoms with Crippen molar-refractivity contribution in [2.75, 3.05) is 26.3 Å². The molecule has 0 unspecified atom stereocenters. The molecule has 0 spiro atoms. The van der Waals surface area contributed by atoms with Gasteiger partial charge in [-0.25, -0.2) is 0 Å². The number of benzene rings is 3. The fourth-order valence-corrected chi connectivity index (χ4v) is 3.06. The van der Waals surface area contributed by atoms with Crippen LogP contribution in [0.5, 0.6) is 11.5 Å². The molecule has 4 aromatic rings. The second-order valence-electron chi connectivity index (χ2n) is 6.37. The largest absolute Gasteiger partial charge is 0.494 e. The molecule has 28 heavy (non-hydrogen) atoms. The fraction of sp³-hybridized carbons (Fsp3) is 0.217. The van der Waals surface area contributed by atoms with Crippen molar-refractivity contribution in [2.24, 2.45) is 0 Å². The first-order chi connectivity index (χ1) is 13.4. The second kappa shape index (κ2) is 10.0. The Bertz CT molecular complexity index is 1000. The molecule has 0 radical (unpaired) electrons. The van der Waals surface area contributed by atoms with Crippen molar-refractivity contribution in [2.45, 2.75) is 6.42 Å². The van der Waals surface area contributed by atoms with Crippen molar-refractivity contribution in [1.29, 1.82) is 0 Å². The van der Waals surface area contributed by atoms with Gasteiger partial charge in [-0.05, 0) is 49.4 Å². The quantitative estimate of drug-likeness (QED) is 0.381. The summed E-state index contributed by atoms with van der Waals surface area (Å²) in [6.07, 6.45) is 0.960. The summed E-state index contributed by atoms with van der Waals surface area (Å²) in [4.78, 5) is 0. The fourth-order valence-electron chi connectivity index (χ4n) is 3.06. The van der Waals surface area contributed by atoms with Gasteiger partial charge in [0.05, 0.1) is 6.61 Å². The average molecular weight is 398 g/mol. The molecule has 0 atom stereocenters. The smallest absolute Gasteiger partial charge is 0.135 e. The van der Waals surface area contributed by atoms with Crippen molar-refractivity contribution in [3.05, 3.63) is 72.8 Å². The van der Waals surface area contributed by atoms with E-state index in [0.29, 0.717) is 13.2 Å². The van der Waals surface area contributed by atoms with Gasteiger partial charge in [0.25, 0.3) is 0 Å². The number of hydrogen-bond donors (Lipinski definition) is 1. The topological polar surface area (TPSA) is 43.6 Å². The summed E-state index contributed by atoms with van der Waals surface area (Å²) in [5, 5.41) is 5.59. The molecule has 1 heterocycles. The highest BCUT2D eigenvalue weighted by Gasteiger charge is 2.07. The van der Waals surface area contributed by atoms with E-state index in [1.54, 1.807) is 0 Å². The van der Waals surface area contributed by atoms with Crippen molar-refractivity contribution in [1.82, 2.24) is 5.32 Å². The molecule has 146 valence electrons. The molecule has 4 rings (SSSR count). The van der Waals surface area contributed by atoms with Crippen LogP contribution in [0.25, 0.3) is 21.9 Å². The zero-order valence-electron chi connectivity index (χ0n) is 15.6. The number of fused-ring (bicyclic) bond motifs is 3. The number of halogens is 1. The Morgan fingerprint density at radius 3 is 2.32 bits per heavy atom. The molecular weight excluding hydrogens is 374 g/mol. The molecule has 0 aliphatic heterocycles. The third-order valence-electron chi connectivity index (χ3n) is 4.41. The van der Waals surface area contributed by atoms with Crippen LogP contribution in [0.2, 0.25) is 0 Å². The third-order valence-corrected chi connectivity index (χ3v) is 4.41. The lowest BCUT2D eigenvalue weighted by molar-refractivity contribution is 0.294. The van der Waals surface area contributed by atoms with Crippen LogP contribution in [0, 0.1) is 0 Å². The average Bonchev–Trinajstić information content (AvgIpc) is 3.09. The lowest BCUT2D eigenvalue weighted by atomic mass is 10.1. The third kappa shape index (κ3) is 4.97. The van der Waals surface area contributed by atoms with E-state index < -0.39 is 0 Å². The van der Waals surface area contributed by atoms with Gasteiger partial charge in [0.2, 0.25) is 0 Å². The Labute approximate surface area is 170 Å². The highest BCUT2D eigenvalue weighted by atomic mass is 35.5. The number of nitrogens with one attached hydrogen (secondary N) is 1. The van der Waals surface area contributed by atoms with Crippen LogP contribution in [0.1, 0.15) is 6.42 Å². The Morgan fingerprint density at radius 1 is 0.679 bits per heavy atom. The first-order valence-electron chi connectivity index (χ1n) is 9.33. The molecule has 0 aliphatic rings. The van der Waals surface area contributed by atoms with Gasteiger partial charge in [0.15, 0.2) is 0 Å². The van der Waals surface area contributed by atoms with Crippen molar-refractivity contribution in [3.8, 4) is 11.5 Å². The second-order valence-corrected chi connectivity index (χ2v) is 6.37. The lowest BCUT2D eigenvalue weighted by Crippen LogP contribution is -2.23. The molecule has 5 heteroatoms. The summed E-state index contributed by atoms with van der Waals surface area (Å²) in [5.41, 5.74) is 1.80. The normalized spacial score (nSPS) is 10.7. The Hall–Kier alpha value is -2.69. The first kappa shape index (κ1) is 20.1. The van der Waals surface area contributed by atoms with E-state index in [2.05, 4.69) is 17.4 Å². The molecule has 3 aromatic carbocycles. The standard InChI is InChI=1S/C23H23NO3.ClH/c1-2-7-18(8-3-1)25-15-6-13-24-14-16-26-19-11-12-23-21(17-19)20-9-4-5-10-22(20)27-23;/h1-5,7-12,17,24H,6,13-16H2;1H. The van der Waals surface area contributed by atoms with Crippen LogP contribution in [-0.2, 0) is 0 Å². The van der Waals surface area contributed by atoms with E-state index >= 15 is 0 Å². The summed E-state index contributed by atoms with van der Waals surface area (Å²) in [6.45, 7) is 3.04. The van der Waals surface area contributed by atoms with Crippen molar-refractivity contribution >= 4 is 34.3 Å². The number of furan rings is 1. The lowest BCUT2D eigenvalue weighted by Gasteiger charge is -2.08. The van der Waals surface area contributed by atoms with Gasteiger partial charge >= 0.3 is 0 Å². The molecule has 0 amide bonds. The number of hydrogen-bond acceptors (Lipinski definition) is 4. The maximum absolute atomic E-state index is 5.87. The van der Waals surface area contributed by atoms with Crippen LogP contribution in [-0.4, -0.2) is 26.3 Å². The minimum absolute atomic E-state index is 0. The molecule has 0 aliphatic carbocycles. The van der Waals surface area contributed by atoms with E-state index in [4.69, 9.17) is 13.9 Å². The molecule has 0 bridgehead atoms. The van der Waals surface area contributed by atoms with Gasteiger partial charge in [0, 0.05) is 17.3 Å². The number of ether oxygens (including phenoxy) is 2. The first-order valence-corrected chi connectivity index (χ1v) is 9.33. The molecule has 0 saturated heterocycles. The van der Waals surface area contributed by atoms with Gasteiger partial charge in [0.1, 0.15) is 29.3 Å². The Kier molecular flexibility index (Phi) is 7.18. The Balaban J connectivity index is 0.00000225. The van der Waals surface area contributed by atoms with Crippen LogP contribution in [0.3, 0.4) is 0 Å². The van der Waals surface area contributed by atoms with E-state index in [1.165, 1.54) is 0 Å². The van der Waals surface area contributed by atoms with Gasteiger partial charge in [-0.15, -0.1) is 12.4 Å². The van der Waals surface area contributed by atoms with Gasteiger partial charge < -0.3 is 19.2 Å². The van der Waals surface area contributed by atoms with Gasteiger partial charge in [-0.2, -0.15) is 0 Å². The van der Waals surface area contributed by atoms with Crippen molar-refractivity contribution < 1.29 is 13.9 Å². The summed E-state index contributed by atoms with van der Waals surface area (Å²) in [6, 6.07) is 23.9. The highest BCUT2D eigenvalue weighted by Crippen LogP contribution is 2.31. The predicted octanol–water partition coefficient (Wildman–Crippen LogP) is 5.45. The van der Waals surface area contributed by atoms with E-state index in [0.717, 1.165) is 52.9 Å². The van der Waals surface area contributed by atoms with E-state index in [1.807, 2.05) is 60.7 Å². The minimum atomic E-state index is 0. The summed E-state index contributed by atoms with van der Waals surface area (Å²) in [5.74, 6) is 1.78. The zero-order valence-corrected chi connectivity index (χ0v) is 16.4. The number of rotatable bonds is 9. The maximum Gasteiger partial charge on any atom is 0.135 e. The maximum atomic E-state index is 5.87. The highest BCUT2D eigenvalue weighted by molar-refractivity contribution is 6.05. The summed E-state index contributed by atoms with van der Waals surface area (Å²) in [7, 11) is 0. The number of para-hydroxylation sites is 2. The summed E-state index contributed by atoms with van der Waals surface area (Å²) < 4.78 is 17.4. The predicted molar refractivity (Wildman–Crippen MR) is 116 cm³/mol. The van der Waals surface area contributed by atoms with Crippen LogP contribution in [0.4, 0.5) is 0 Å². The molecular formula is C23H24ClNO3. The van der Waals surface area contributed by atoms with Gasteiger partial charge in [-0.3, -0.25) is 0 Å². The monoisotopic (exact) mass is 397 g/mol. The molecule has 0 saturated carbocycles. The Morgan fingerprint density at radius 2 is 1.43 bits per heavy atom. The SMILES string of the molecule is Cl.c1ccc(OCCCNCCOc2ccc3oc4ccccc4c3c2)cc1. The minimum Gasteiger partial charge on any atom is -0.494 e. The van der Waals surface area contributed by atoms with Crippen molar-refractivity contribution in [3.63, 3.8) is 0 Å². The molecule has 4 nitrogen and oxygen atoms in total. The van der Waals surface area contributed by atoms with Crippen LogP contribution < -0.4 is 14.8 Å².